The third kappa shape index (κ3) is 3.81. The number of aromatic nitrogens is 1. The molecule has 1 aliphatic rings. The quantitative estimate of drug-likeness (QED) is 0.812. The molecule has 0 saturated carbocycles. The number of hydrogen-bond donors (Lipinski definition) is 2. The molecule has 118 valence electrons. The van der Waals surface area contributed by atoms with Gasteiger partial charge in [0.05, 0.1) is 5.56 Å². The number of carbonyl (C=O) groups is 3. The van der Waals surface area contributed by atoms with E-state index >= 15 is 0 Å². The second-order valence-corrected chi connectivity index (χ2v) is 5.53. The molecular weight excluding hydrogens is 284 g/mol. The summed E-state index contributed by atoms with van der Waals surface area (Å²) >= 11 is 0. The standard InChI is InChI=1S/C15H20N4O3/c16-12(20)6-5-10-3-2-8-19(9-10)15(22)11-4-1-7-18-13(11)14(17)21/h1,4,7,10H,2-3,5-6,8-9H2,(H2,16,20)(H2,17,21). The van der Waals surface area contributed by atoms with Gasteiger partial charge in [0.25, 0.3) is 11.8 Å². The highest BCUT2D eigenvalue weighted by molar-refractivity contribution is 6.05. The highest BCUT2D eigenvalue weighted by Gasteiger charge is 2.27. The van der Waals surface area contributed by atoms with Crippen molar-refractivity contribution in [2.75, 3.05) is 13.1 Å². The molecule has 0 radical (unpaired) electrons. The van der Waals surface area contributed by atoms with E-state index < -0.39 is 5.91 Å². The topological polar surface area (TPSA) is 119 Å². The number of amides is 3. The fourth-order valence-electron chi connectivity index (χ4n) is 2.78. The van der Waals surface area contributed by atoms with Crippen molar-refractivity contribution in [3.63, 3.8) is 0 Å². The van der Waals surface area contributed by atoms with Crippen LogP contribution >= 0.6 is 0 Å². The summed E-state index contributed by atoms with van der Waals surface area (Å²) in [5, 5.41) is 0. The molecule has 1 fully saturated rings. The Bertz CT molecular complexity index is 588. The zero-order valence-electron chi connectivity index (χ0n) is 12.3. The molecule has 7 nitrogen and oxygen atoms in total. The molecule has 1 aromatic heterocycles. The zero-order valence-corrected chi connectivity index (χ0v) is 12.3. The average molecular weight is 304 g/mol. The van der Waals surface area contributed by atoms with Gasteiger partial charge in [-0.25, -0.2) is 0 Å². The molecule has 1 unspecified atom stereocenters. The van der Waals surface area contributed by atoms with Crippen molar-refractivity contribution in [2.24, 2.45) is 17.4 Å². The molecular formula is C15H20N4O3. The van der Waals surface area contributed by atoms with Gasteiger partial charge in [0.1, 0.15) is 5.69 Å². The molecule has 0 bridgehead atoms. The van der Waals surface area contributed by atoms with Crippen LogP contribution < -0.4 is 11.5 Å². The van der Waals surface area contributed by atoms with Gasteiger partial charge >= 0.3 is 0 Å². The van der Waals surface area contributed by atoms with Crippen LogP contribution in [0.5, 0.6) is 0 Å². The Morgan fingerprint density at radius 2 is 2.09 bits per heavy atom. The molecule has 1 aliphatic heterocycles. The smallest absolute Gasteiger partial charge is 0.268 e. The first-order valence-corrected chi connectivity index (χ1v) is 7.31. The normalized spacial score (nSPS) is 18.0. The molecule has 0 aliphatic carbocycles. The summed E-state index contributed by atoms with van der Waals surface area (Å²) in [6, 6.07) is 3.16. The maximum atomic E-state index is 12.6. The lowest BCUT2D eigenvalue weighted by Gasteiger charge is -2.33. The van der Waals surface area contributed by atoms with Gasteiger partial charge in [0.2, 0.25) is 5.91 Å². The van der Waals surface area contributed by atoms with E-state index in [-0.39, 0.29) is 29.0 Å². The summed E-state index contributed by atoms with van der Waals surface area (Å²) in [6.07, 6.45) is 4.26. The zero-order chi connectivity index (χ0) is 16.1. The van der Waals surface area contributed by atoms with Crippen LogP contribution in [-0.2, 0) is 4.79 Å². The van der Waals surface area contributed by atoms with E-state index in [4.69, 9.17) is 11.5 Å². The lowest BCUT2D eigenvalue weighted by Crippen LogP contribution is -2.41. The Balaban J connectivity index is 2.09. The number of nitrogens with two attached hydrogens (primary N) is 2. The minimum Gasteiger partial charge on any atom is -0.370 e. The van der Waals surface area contributed by atoms with Crippen molar-refractivity contribution in [1.82, 2.24) is 9.88 Å². The van der Waals surface area contributed by atoms with Crippen LogP contribution in [0.2, 0.25) is 0 Å². The number of rotatable bonds is 5. The number of hydrogen-bond acceptors (Lipinski definition) is 4. The Morgan fingerprint density at radius 1 is 1.32 bits per heavy atom. The first kappa shape index (κ1) is 15.9. The number of pyridine rings is 1. The maximum Gasteiger partial charge on any atom is 0.268 e. The number of nitrogens with zero attached hydrogens (tertiary/aromatic N) is 2. The average Bonchev–Trinajstić information content (AvgIpc) is 2.52. The number of primary amides is 2. The summed E-state index contributed by atoms with van der Waals surface area (Å²) in [7, 11) is 0. The monoisotopic (exact) mass is 304 g/mol. The molecule has 4 N–H and O–H groups in total. The number of piperidine rings is 1. The summed E-state index contributed by atoms with van der Waals surface area (Å²) in [4.78, 5) is 40.4. The fourth-order valence-corrected chi connectivity index (χ4v) is 2.78. The lowest BCUT2D eigenvalue weighted by atomic mass is 9.92. The molecule has 0 aromatic carbocycles. The SMILES string of the molecule is NC(=O)CCC1CCCN(C(=O)c2cccnc2C(N)=O)C1. The third-order valence-electron chi connectivity index (χ3n) is 3.88. The summed E-state index contributed by atoms with van der Waals surface area (Å²) in [5.41, 5.74) is 10.7. The van der Waals surface area contributed by atoms with Crippen LogP contribution in [-0.4, -0.2) is 40.7 Å². The second-order valence-electron chi connectivity index (χ2n) is 5.53. The molecule has 1 aromatic rings. The van der Waals surface area contributed by atoms with E-state index in [0.29, 0.717) is 25.9 Å². The molecule has 2 heterocycles. The second kappa shape index (κ2) is 7.02. The van der Waals surface area contributed by atoms with Crippen molar-refractivity contribution >= 4 is 17.7 Å². The van der Waals surface area contributed by atoms with Gasteiger partial charge in [0, 0.05) is 25.7 Å². The molecule has 1 saturated heterocycles. The van der Waals surface area contributed by atoms with Gasteiger partial charge in [-0.15, -0.1) is 0 Å². The van der Waals surface area contributed by atoms with Gasteiger partial charge in [-0.3, -0.25) is 19.4 Å². The number of likely N-dealkylation sites (tertiary alicyclic amines) is 1. The van der Waals surface area contributed by atoms with Crippen molar-refractivity contribution in [3.05, 3.63) is 29.6 Å². The summed E-state index contributed by atoms with van der Waals surface area (Å²) < 4.78 is 0. The minimum atomic E-state index is -0.716. The van der Waals surface area contributed by atoms with Gasteiger partial charge in [-0.05, 0) is 37.3 Å². The molecule has 7 heteroatoms. The maximum absolute atomic E-state index is 12.6. The van der Waals surface area contributed by atoms with Crippen LogP contribution in [0.25, 0.3) is 0 Å². The largest absolute Gasteiger partial charge is 0.370 e. The number of carbonyl (C=O) groups excluding carboxylic acids is 3. The summed E-state index contributed by atoms with van der Waals surface area (Å²) in [6.45, 7) is 1.18. The van der Waals surface area contributed by atoms with Gasteiger partial charge in [-0.1, -0.05) is 0 Å². The third-order valence-corrected chi connectivity index (χ3v) is 3.88. The van der Waals surface area contributed by atoms with Crippen LogP contribution in [0.3, 0.4) is 0 Å². The fraction of sp³-hybridized carbons (Fsp3) is 0.467. The van der Waals surface area contributed by atoms with Gasteiger partial charge in [-0.2, -0.15) is 0 Å². The predicted octanol–water partition coefficient (Wildman–Crippen LogP) is 0.298. The first-order valence-electron chi connectivity index (χ1n) is 7.31. The molecule has 2 rings (SSSR count). The van der Waals surface area contributed by atoms with Crippen LogP contribution in [0.15, 0.2) is 18.3 Å². The van der Waals surface area contributed by atoms with Crippen LogP contribution in [0.1, 0.15) is 46.5 Å². The highest BCUT2D eigenvalue weighted by atomic mass is 16.2. The molecule has 1 atom stereocenters. The Hall–Kier alpha value is -2.44. The van der Waals surface area contributed by atoms with E-state index in [1.54, 1.807) is 17.0 Å². The van der Waals surface area contributed by atoms with E-state index in [1.807, 2.05) is 0 Å². The molecule has 0 spiro atoms. The Kier molecular flexibility index (Phi) is 5.08. The first-order chi connectivity index (χ1) is 10.5. The minimum absolute atomic E-state index is 0.00763. The molecule has 3 amide bonds. The van der Waals surface area contributed by atoms with Crippen LogP contribution in [0, 0.1) is 5.92 Å². The van der Waals surface area contributed by atoms with E-state index in [1.165, 1.54) is 6.20 Å². The molecule has 22 heavy (non-hydrogen) atoms. The lowest BCUT2D eigenvalue weighted by molar-refractivity contribution is -0.118. The predicted molar refractivity (Wildman–Crippen MR) is 79.8 cm³/mol. The van der Waals surface area contributed by atoms with Crippen molar-refractivity contribution in [2.45, 2.75) is 25.7 Å². The summed E-state index contributed by atoms with van der Waals surface area (Å²) in [5.74, 6) is -1.04. The Labute approximate surface area is 128 Å². The van der Waals surface area contributed by atoms with Crippen molar-refractivity contribution in [3.8, 4) is 0 Å². The van der Waals surface area contributed by atoms with Crippen LogP contribution in [0.4, 0.5) is 0 Å². The van der Waals surface area contributed by atoms with Gasteiger partial charge in [0.15, 0.2) is 0 Å². The van der Waals surface area contributed by atoms with Gasteiger partial charge < -0.3 is 16.4 Å². The Morgan fingerprint density at radius 3 is 2.77 bits per heavy atom. The van der Waals surface area contributed by atoms with Crippen molar-refractivity contribution < 1.29 is 14.4 Å². The van der Waals surface area contributed by atoms with E-state index in [9.17, 15) is 14.4 Å². The van der Waals surface area contributed by atoms with E-state index in [0.717, 1.165) is 12.8 Å². The van der Waals surface area contributed by atoms with E-state index in [2.05, 4.69) is 4.98 Å². The van der Waals surface area contributed by atoms with Crippen molar-refractivity contribution in [1.29, 1.82) is 0 Å². The highest BCUT2D eigenvalue weighted by Crippen LogP contribution is 2.22.